The lowest BCUT2D eigenvalue weighted by Crippen LogP contribution is -2.27. The number of anilines is 3. The number of rotatable bonds is 3. The molecular weight excluding hydrogens is 292 g/mol. The molecule has 0 bridgehead atoms. The lowest BCUT2D eigenvalue weighted by Gasteiger charge is -2.24. The molecule has 1 amide bonds. The number of carbonyl (C=O) groups excluding carboxylic acids is 1. The fourth-order valence-electron chi connectivity index (χ4n) is 2.97. The number of aromatic nitrogens is 3. The molecule has 0 aliphatic carbocycles. The van der Waals surface area contributed by atoms with E-state index in [0.717, 1.165) is 31.7 Å². The van der Waals surface area contributed by atoms with Gasteiger partial charge in [0.1, 0.15) is 5.69 Å². The summed E-state index contributed by atoms with van der Waals surface area (Å²) in [4.78, 5) is 18.8. The molecule has 1 aliphatic rings. The average molecular weight is 314 g/mol. The van der Waals surface area contributed by atoms with Crippen molar-refractivity contribution in [2.45, 2.75) is 25.7 Å². The Balaban J connectivity index is 1.83. The highest BCUT2D eigenvalue weighted by Gasteiger charge is 2.20. The molecule has 2 aromatic rings. The average Bonchev–Trinajstić information content (AvgIpc) is 2.76. The minimum Gasteiger partial charge on any atom is -0.397 e. The Hall–Kier alpha value is -2.57. The fraction of sp³-hybridized carbons (Fsp3) is 0.438. The molecule has 0 saturated carbocycles. The van der Waals surface area contributed by atoms with Crippen molar-refractivity contribution in [1.82, 2.24) is 14.8 Å². The van der Waals surface area contributed by atoms with E-state index in [2.05, 4.69) is 20.3 Å². The number of aryl methyl sites for hydroxylation is 1. The van der Waals surface area contributed by atoms with Crippen LogP contribution >= 0.6 is 0 Å². The Bertz CT molecular complexity index is 688. The van der Waals surface area contributed by atoms with Crippen LogP contribution in [0.5, 0.6) is 0 Å². The SMILES string of the molecule is Cn1ncc(NC(=O)c2ncccc2N)c1N1CCCCCC1. The first-order chi connectivity index (χ1) is 11.2. The molecule has 1 aliphatic heterocycles. The van der Waals surface area contributed by atoms with Gasteiger partial charge in [-0.2, -0.15) is 5.10 Å². The molecule has 1 saturated heterocycles. The Labute approximate surface area is 135 Å². The van der Waals surface area contributed by atoms with Crippen LogP contribution in [0.25, 0.3) is 0 Å². The van der Waals surface area contributed by atoms with E-state index in [-0.39, 0.29) is 11.6 Å². The molecule has 0 radical (unpaired) electrons. The molecule has 2 aromatic heterocycles. The summed E-state index contributed by atoms with van der Waals surface area (Å²) < 4.78 is 1.81. The summed E-state index contributed by atoms with van der Waals surface area (Å²) in [6.07, 6.45) is 8.06. The number of nitrogens with two attached hydrogens (primary N) is 1. The maximum Gasteiger partial charge on any atom is 0.276 e. The number of hydrogen-bond acceptors (Lipinski definition) is 5. The third kappa shape index (κ3) is 3.28. The van der Waals surface area contributed by atoms with E-state index in [1.165, 1.54) is 12.8 Å². The van der Waals surface area contributed by atoms with Gasteiger partial charge in [-0.1, -0.05) is 12.8 Å². The lowest BCUT2D eigenvalue weighted by atomic mass is 10.2. The van der Waals surface area contributed by atoms with Crippen LogP contribution in [0.15, 0.2) is 24.5 Å². The molecule has 0 spiro atoms. The van der Waals surface area contributed by atoms with Crippen molar-refractivity contribution in [2.75, 3.05) is 29.0 Å². The van der Waals surface area contributed by atoms with Gasteiger partial charge in [0.25, 0.3) is 5.91 Å². The van der Waals surface area contributed by atoms with Crippen LogP contribution < -0.4 is 16.0 Å². The highest BCUT2D eigenvalue weighted by atomic mass is 16.1. The van der Waals surface area contributed by atoms with Crippen molar-refractivity contribution in [3.8, 4) is 0 Å². The molecule has 3 N–H and O–H groups in total. The summed E-state index contributed by atoms with van der Waals surface area (Å²) in [6, 6.07) is 3.37. The van der Waals surface area contributed by atoms with Gasteiger partial charge < -0.3 is 16.0 Å². The van der Waals surface area contributed by atoms with Crippen LogP contribution in [0.4, 0.5) is 17.2 Å². The minimum absolute atomic E-state index is 0.234. The number of pyridine rings is 1. The summed E-state index contributed by atoms with van der Waals surface area (Å²) >= 11 is 0. The number of nitrogens with one attached hydrogen (secondary N) is 1. The molecular formula is C16H22N6O. The third-order valence-corrected chi connectivity index (χ3v) is 4.12. The van der Waals surface area contributed by atoms with E-state index in [4.69, 9.17) is 5.73 Å². The van der Waals surface area contributed by atoms with Gasteiger partial charge in [0.2, 0.25) is 0 Å². The van der Waals surface area contributed by atoms with Crippen molar-refractivity contribution in [3.05, 3.63) is 30.2 Å². The first-order valence-corrected chi connectivity index (χ1v) is 7.95. The minimum atomic E-state index is -0.313. The van der Waals surface area contributed by atoms with Gasteiger partial charge in [-0.15, -0.1) is 0 Å². The van der Waals surface area contributed by atoms with Crippen molar-refractivity contribution in [3.63, 3.8) is 0 Å². The van der Waals surface area contributed by atoms with Gasteiger partial charge in [0.15, 0.2) is 11.5 Å². The van der Waals surface area contributed by atoms with Crippen LogP contribution in [-0.2, 0) is 7.05 Å². The second kappa shape index (κ2) is 6.68. The quantitative estimate of drug-likeness (QED) is 0.905. The second-order valence-corrected chi connectivity index (χ2v) is 5.80. The second-order valence-electron chi connectivity index (χ2n) is 5.80. The Morgan fingerprint density at radius 2 is 2.00 bits per heavy atom. The number of carbonyl (C=O) groups is 1. The fourth-order valence-corrected chi connectivity index (χ4v) is 2.97. The summed E-state index contributed by atoms with van der Waals surface area (Å²) in [5.74, 6) is 0.627. The van der Waals surface area contributed by atoms with E-state index in [9.17, 15) is 4.79 Å². The van der Waals surface area contributed by atoms with Gasteiger partial charge in [-0.25, -0.2) is 4.98 Å². The predicted molar refractivity (Wildman–Crippen MR) is 90.5 cm³/mol. The van der Waals surface area contributed by atoms with Crippen LogP contribution in [0.2, 0.25) is 0 Å². The highest BCUT2D eigenvalue weighted by molar-refractivity contribution is 6.07. The zero-order chi connectivity index (χ0) is 16.2. The number of hydrogen-bond donors (Lipinski definition) is 2. The van der Waals surface area contributed by atoms with Crippen LogP contribution in [0.1, 0.15) is 36.2 Å². The Morgan fingerprint density at radius 1 is 1.26 bits per heavy atom. The van der Waals surface area contributed by atoms with Crippen molar-refractivity contribution >= 4 is 23.1 Å². The largest absolute Gasteiger partial charge is 0.397 e. The first kappa shape index (κ1) is 15.3. The summed E-state index contributed by atoms with van der Waals surface area (Å²) in [5, 5.41) is 7.20. The van der Waals surface area contributed by atoms with Crippen LogP contribution in [-0.4, -0.2) is 33.8 Å². The van der Waals surface area contributed by atoms with Gasteiger partial charge in [0, 0.05) is 26.3 Å². The summed E-state index contributed by atoms with van der Waals surface area (Å²) in [7, 11) is 1.89. The standard InChI is InChI=1S/C16H22N6O/c1-21-16(22-9-4-2-3-5-10-22)13(11-19-21)20-15(23)14-12(17)7-6-8-18-14/h6-8,11H,2-5,9-10,17H2,1H3,(H,20,23). The number of amides is 1. The third-order valence-electron chi connectivity index (χ3n) is 4.12. The van der Waals surface area contributed by atoms with E-state index in [1.54, 1.807) is 24.5 Å². The smallest absolute Gasteiger partial charge is 0.276 e. The van der Waals surface area contributed by atoms with Crippen LogP contribution in [0, 0.1) is 0 Å². The summed E-state index contributed by atoms with van der Waals surface area (Å²) in [5.41, 5.74) is 7.13. The maximum atomic E-state index is 12.4. The molecule has 7 heteroatoms. The van der Waals surface area contributed by atoms with Gasteiger partial charge in [-0.3, -0.25) is 9.48 Å². The molecule has 23 heavy (non-hydrogen) atoms. The monoisotopic (exact) mass is 314 g/mol. The predicted octanol–water partition coefficient (Wildman–Crippen LogP) is 2.03. The molecule has 0 unspecified atom stereocenters. The molecule has 122 valence electrons. The molecule has 1 fully saturated rings. The normalized spacial score (nSPS) is 15.3. The zero-order valence-corrected chi connectivity index (χ0v) is 13.3. The van der Waals surface area contributed by atoms with E-state index >= 15 is 0 Å². The highest BCUT2D eigenvalue weighted by Crippen LogP contribution is 2.28. The van der Waals surface area contributed by atoms with Crippen molar-refractivity contribution in [1.29, 1.82) is 0 Å². The maximum absolute atomic E-state index is 12.4. The number of nitrogens with zero attached hydrogens (tertiary/aromatic N) is 4. The van der Waals surface area contributed by atoms with Crippen LogP contribution in [0.3, 0.4) is 0 Å². The zero-order valence-electron chi connectivity index (χ0n) is 13.3. The van der Waals surface area contributed by atoms with Gasteiger partial charge in [-0.05, 0) is 25.0 Å². The lowest BCUT2D eigenvalue weighted by molar-refractivity contribution is 0.102. The molecule has 3 rings (SSSR count). The van der Waals surface area contributed by atoms with Crippen molar-refractivity contribution in [2.24, 2.45) is 7.05 Å². The molecule has 3 heterocycles. The Morgan fingerprint density at radius 3 is 2.70 bits per heavy atom. The van der Waals surface area contributed by atoms with Gasteiger partial charge in [0.05, 0.1) is 11.9 Å². The molecule has 0 aromatic carbocycles. The number of nitrogen functional groups attached to an aromatic ring is 1. The molecule has 7 nitrogen and oxygen atoms in total. The first-order valence-electron chi connectivity index (χ1n) is 7.95. The Kier molecular flexibility index (Phi) is 4.45. The topological polar surface area (TPSA) is 89.1 Å². The van der Waals surface area contributed by atoms with E-state index in [0.29, 0.717) is 11.4 Å². The van der Waals surface area contributed by atoms with Gasteiger partial charge >= 0.3 is 0 Å². The van der Waals surface area contributed by atoms with E-state index < -0.39 is 0 Å². The summed E-state index contributed by atoms with van der Waals surface area (Å²) in [6.45, 7) is 1.96. The van der Waals surface area contributed by atoms with Crippen molar-refractivity contribution < 1.29 is 4.79 Å². The molecule has 0 atom stereocenters. The van der Waals surface area contributed by atoms with E-state index in [1.807, 2.05) is 11.7 Å².